The highest BCUT2D eigenvalue weighted by molar-refractivity contribution is 5.36. The molecule has 1 aromatic carbocycles. The van der Waals surface area contributed by atoms with Crippen molar-refractivity contribution in [3.8, 4) is 0 Å². The van der Waals surface area contributed by atoms with Crippen LogP contribution in [0.15, 0.2) is 18.2 Å². The minimum absolute atomic E-state index is 0.794. The van der Waals surface area contributed by atoms with Gasteiger partial charge in [0.2, 0.25) is 0 Å². The lowest BCUT2D eigenvalue weighted by Crippen LogP contribution is -2.11. The standard InChI is InChI=1S/C11H15F/c1-8-6-5-7-10(9(8)2)11(3,4)12/h5-7H,1-4H3. The van der Waals surface area contributed by atoms with Gasteiger partial charge in [0, 0.05) is 0 Å². The summed E-state index contributed by atoms with van der Waals surface area (Å²) >= 11 is 0. The second-order valence-corrected chi connectivity index (χ2v) is 3.72. The molecule has 1 rings (SSSR count). The molecule has 1 aromatic rings. The van der Waals surface area contributed by atoms with Gasteiger partial charge >= 0.3 is 0 Å². The van der Waals surface area contributed by atoms with Crippen LogP contribution in [0.4, 0.5) is 4.39 Å². The molecule has 0 spiro atoms. The number of hydrogen-bond donors (Lipinski definition) is 0. The lowest BCUT2D eigenvalue weighted by Gasteiger charge is -2.18. The van der Waals surface area contributed by atoms with Crippen molar-refractivity contribution >= 4 is 0 Å². The molecule has 0 heterocycles. The van der Waals surface area contributed by atoms with Gasteiger partial charge in [-0.15, -0.1) is 0 Å². The minimum Gasteiger partial charge on any atom is -0.239 e. The quantitative estimate of drug-likeness (QED) is 0.599. The van der Waals surface area contributed by atoms with Crippen molar-refractivity contribution in [1.29, 1.82) is 0 Å². The average Bonchev–Trinajstić information content (AvgIpc) is 1.92. The second-order valence-electron chi connectivity index (χ2n) is 3.72. The molecule has 0 fully saturated rings. The summed E-state index contributed by atoms with van der Waals surface area (Å²) in [5.41, 5.74) is 1.78. The Bertz CT molecular complexity index is 282. The van der Waals surface area contributed by atoms with Gasteiger partial charge in [-0.3, -0.25) is 0 Å². The Morgan fingerprint density at radius 3 is 2.17 bits per heavy atom. The average molecular weight is 166 g/mol. The molecule has 0 amide bonds. The number of aryl methyl sites for hydroxylation is 1. The van der Waals surface area contributed by atoms with Gasteiger partial charge in [-0.1, -0.05) is 18.2 Å². The topological polar surface area (TPSA) is 0 Å². The molecular weight excluding hydrogens is 151 g/mol. The molecule has 0 radical (unpaired) electrons. The SMILES string of the molecule is Cc1cccc(C(C)(C)F)c1C. The predicted molar refractivity (Wildman–Crippen MR) is 50.1 cm³/mol. The molecule has 0 aromatic heterocycles. The van der Waals surface area contributed by atoms with Crippen molar-refractivity contribution in [2.75, 3.05) is 0 Å². The lowest BCUT2D eigenvalue weighted by molar-refractivity contribution is 0.220. The zero-order valence-corrected chi connectivity index (χ0v) is 8.11. The highest BCUT2D eigenvalue weighted by Crippen LogP contribution is 2.28. The summed E-state index contributed by atoms with van der Waals surface area (Å²) in [5.74, 6) is 0. The van der Waals surface area contributed by atoms with Gasteiger partial charge in [-0.25, -0.2) is 4.39 Å². The summed E-state index contributed by atoms with van der Waals surface area (Å²) in [4.78, 5) is 0. The van der Waals surface area contributed by atoms with Gasteiger partial charge in [0.15, 0.2) is 0 Å². The third-order valence-electron chi connectivity index (χ3n) is 2.25. The van der Waals surface area contributed by atoms with Crippen LogP contribution in [0.25, 0.3) is 0 Å². The van der Waals surface area contributed by atoms with Crippen LogP contribution < -0.4 is 0 Å². The Hall–Kier alpha value is -0.850. The molecule has 0 saturated carbocycles. The molecule has 0 bridgehead atoms. The van der Waals surface area contributed by atoms with E-state index in [1.807, 2.05) is 32.0 Å². The van der Waals surface area contributed by atoms with Gasteiger partial charge in [-0.05, 0) is 44.4 Å². The number of hydrogen-bond acceptors (Lipinski definition) is 0. The Morgan fingerprint density at radius 2 is 1.75 bits per heavy atom. The van der Waals surface area contributed by atoms with Crippen molar-refractivity contribution in [3.63, 3.8) is 0 Å². The monoisotopic (exact) mass is 166 g/mol. The third-order valence-corrected chi connectivity index (χ3v) is 2.25. The van der Waals surface area contributed by atoms with E-state index < -0.39 is 5.67 Å². The van der Waals surface area contributed by atoms with Gasteiger partial charge in [0.05, 0.1) is 0 Å². The predicted octanol–water partition coefficient (Wildman–Crippen LogP) is 3.51. The molecule has 0 saturated heterocycles. The summed E-state index contributed by atoms with van der Waals surface area (Å²) in [7, 11) is 0. The van der Waals surface area contributed by atoms with Crippen molar-refractivity contribution in [3.05, 3.63) is 34.9 Å². The maximum Gasteiger partial charge on any atom is 0.130 e. The number of rotatable bonds is 1. The molecule has 0 aliphatic carbocycles. The van der Waals surface area contributed by atoms with E-state index in [4.69, 9.17) is 0 Å². The van der Waals surface area contributed by atoms with Crippen molar-refractivity contribution in [1.82, 2.24) is 0 Å². The van der Waals surface area contributed by atoms with Crippen LogP contribution in [0, 0.1) is 13.8 Å². The van der Waals surface area contributed by atoms with Crippen molar-refractivity contribution in [2.45, 2.75) is 33.4 Å². The van der Waals surface area contributed by atoms with Crippen molar-refractivity contribution in [2.24, 2.45) is 0 Å². The Kier molecular flexibility index (Phi) is 2.22. The van der Waals surface area contributed by atoms with Crippen LogP contribution in [0.2, 0.25) is 0 Å². The molecule has 0 unspecified atom stereocenters. The van der Waals surface area contributed by atoms with Gasteiger partial charge in [0.25, 0.3) is 0 Å². The van der Waals surface area contributed by atoms with E-state index in [9.17, 15) is 4.39 Å². The second kappa shape index (κ2) is 2.89. The van der Waals surface area contributed by atoms with Crippen LogP contribution >= 0.6 is 0 Å². The number of halogens is 1. The van der Waals surface area contributed by atoms with Crippen LogP contribution in [-0.2, 0) is 5.67 Å². The summed E-state index contributed by atoms with van der Waals surface area (Å²) in [5, 5.41) is 0. The van der Waals surface area contributed by atoms with E-state index >= 15 is 0 Å². The molecule has 0 atom stereocenters. The van der Waals surface area contributed by atoms with Gasteiger partial charge in [0.1, 0.15) is 5.67 Å². The molecule has 0 N–H and O–H groups in total. The normalized spacial score (nSPS) is 11.8. The highest BCUT2D eigenvalue weighted by atomic mass is 19.1. The minimum atomic E-state index is -1.23. The Labute approximate surface area is 73.4 Å². The molecule has 0 aliphatic heterocycles. The maximum absolute atomic E-state index is 13.6. The summed E-state index contributed by atoms with van der Waals surface area (Å²) in [6, 6.07) is 5.76. The molecule has 66 valence electrons. The maximum atomic E-state index is 13.6. The zero-order chi connectivity index (χ0) is 9.35. The molecular formula is C11H15F. The Morgan fingerprint density at radius 1 is 1.17 bits per heavy atom. The van der Waals surface area contributed by atoms with Crippen LogP contribution in [0.5, 0.6) is 0 Å². The summed E-state index contributed by atoms with van der Waals surface area (Å²) in [6.45, 7) is 7.15. The first-order valence-electron chi connectivity index (χ1n) is 4.18. The van der Waals surface area contributed by atoms with Crippen molar-refractivity contribution < 1.29 is 4.39 Å². The fourth-order valence-electron chi connectivity index (χ4n) is 1.40. The molecule has 0 nitrogen and oxygen atoms in total. The van der Waals surface area contributed by atoms with E-state index in [2.05, 4.69) is 0 Å². The number of benzene rings is 1. The first-order chi connectivity index (χ1) is 5.43. The van der Waals surface area contributed by atoms with E-state index in [0.717, 1.165) is 16.7 Å². The van der Waals surface area contributed by atoms with E-state index in [-0.39, 0.29) is 0 Å². The number of alkyl halides is 1. The van der Waals surface area contributed by atoms with Gasteiger partial charge in [-0.2, -0.15) is 0 Å². The Balaban J connectivity index is 3.26. The molecule has 0 aliphatic rings. The van der Waals surface area contributed by atoms with Crippen LogP contribution in [0.3, 0.4) is 0 Å². The highest BCUT2D eigenvalue weighted by Gasteiger charge is 2.20. The molecule has 12 heavy (non-hydrogen) atoms. The first kappa shape index (κ1) is 9.24. The first-order valence-corrected chi connectivity index (χ1v) is 4.18. The van der Waals surface area contributed by atoms with Crippen LogP contribution in [0.1, 0.15) is 30.5 Å². The fraction of sp³-hybridized carbons (Fsp3) is 0.455. The molecule has 1 heteroatoms. The smallest absolute Gasteiger partial charge is 0.130 e. The third kappa shape index (κ3) is 1.66. The van der Waals surface area contributed by atoms with E-state index in [1.165, 1.54) is 0 Å². The zero-order valence-electron chi connectivity index (χ0n) is 8.11. The van der Waals surface area contributed by atoms with Gasteiger partial charge < -0.3 is 0 Å². The largest absolute Gasteiger partial charge is 0.239 e. The fourth-order valence-corrected chi connectivity index (χ4v) is 1.40. The lowest BCUT2D eigenvalue weighted by atomic mass is 9.93. The van der Waals surface area contributed by atoms with Crippen LogP contribution in [-0.4, -0.2) is 0 Å². The van der Waals surface area contributed by atoms with E-state index in [0.29, 0.717) is 0 Å². The van der Waals surface area contributed by atoms with E-state index in [1.54, 1.807) is 13.8 Å². The summed E-state index contributed by atoms with van der Waals surface area (Å²) < 4.78 is 13.6. The summed E-state index contributed by atoms with van der Waals surface area (Å²) in [6.07, 6.45) is 0.